The van der Waals surface area contributed by atoms with Gasteiger partial charge in [-0.2, -0.15) is 0 Å². The van der Waals surface area contributed by atoms with Crippen LogP contribution in [0, 0.1) is 0 Å². The molecule has 0 saturated heterocycles. The molecule has 0 spiro atoms. The van der Waals surface area contributed by atoms with Crippen LogP contribution in [0.3, 0.4) is 0 Å². The first-order chi connectivity index (χ1) is 13.4. The second-order valence-electron chi connectivity index (χ2n) is 8.58. The number of amides is 3. The Bertz CT molecular complexity index is 416. The number of carbonyl (C=O) groups excluding carboxylic acids is 3. The van der Waals surface area contributed by atoms with Crippen LogP contribution in [-0.4, -0.2) is 69.2 Å². The fourth-order valence-corrected chi connectivity index (χ4v) is 3.05. The summed E-state index contributed by atoms with van der Waals surface area (Å²) in [7, 11) is 0. The van der Waals surface area contributed by atoms with Gasteiger partial charge in [0.25, 0.3) is 0 Å². The van der Waals surface area contributed by atoms with Gasteiger partial charge in [-0.3, -0.25) is 0 Å². The van der Waals surface area contributed by atoms with Crippen LogP contribution in [0.5, 0.6) is 0 Å². The molecule has 0 aromatic rings. The standard InChI is InChI=1S/3C7H15NO2.Ti/c3*1-5(2)8(6(3)4)7(9)10;/h3*5-6H,1-4H3,(H,9,10);/q;;;+3/p-3. The number of rotatable bonds is 6. The molecule has 0 N–H and O–H groups in total. The zero-order chi connectivity index (χ0) is 24.9. The summed E-state index contributed by atoms with van der Waals surface area (Å²) < 4.78 is 0. The third kappa shape index (κ3) is 16.8. The summed E-state index contributed by atoms with van der Waals surface area (Å²) in [6.45, 7) is 21.9. The fourth-order valence-electron chi connectivity index (χ4n) is 3.05. The monoisotopic (exact) mass is 480 g/mol. The van der Waals surface area contributed by atoms with E-state index in [1.165, 1.54) is 14.7 Å². The van der Waals surface area contributed by atoms with E-state index in [1.807, 2.05) is 83.1 Å². The molecule has 0 heterocycles. The molecule has 0 bridgehead atoms. The first-order valence-corrected chi connectivity index (χ1v) is 10.4. The molecular formula is C21H42N3O6Ti. The first-order valence-electron chi connectivity index (χ1n) is 10.4. The molecule has 10 heteroatoms. The SMILES string of the molecule is CC(C)N(C(=O)[O-])C(C)C.CC(C)N(C(=O)[O-])C(C)C.CC(C)N(C(=O)[O-])C(C)C.[Ti+3]. The number of nitrogens with zero attached hydrogens (tertiary/aromatic N) is 3. The van der Waals surface area contributed by atoms with Crippen molar-refractivity contribution >= 4 is 18.3 Å². The summed E-state index contributed by atoms with van der Waals surface area (Å²) in [5.74, 6) is 0. The molecule has 0 aliphatic heterocycles. The molecule has 0 rings (SSSR count). The fraction of sp³-hybridized carbons (Fsp3) is 0.857. The zero-order valence-corrected chi connectivity index (χ0v) is 22.8. The minimum atomic E-state index is -1.09. The minimum Gasteiger partial charge on any atom is -0.530 e. The number of hydrogen-bond donors (Lipinski definition) is 0. The molecule has 0 aromatic carbocycles. The van der Waals surface area contributed by atoms with Crippen molar-refractivity contribution in [3.63, 3.8) is 0 Å². The van der Waals surface area contributed by atoms with E-state index in [0.717, 1.165) is 0 Å². The predicted molar refractivity (Wildman–Crippen MR) is 113 cm³/mol. The van der Waals surface area contributed by atoms with Crippen molar-refractivity contribution in [2.75, 3.05) is 0 Å². The molecular weight excluding hydrogens is 438 g/mol. The minimum absolute atomic E-state index is 0. The van der Waals surface area contributed by atoms with Crippen molar-refractivity contribution in [2.24, 2.45) is 0 Å². The summed E-state index contributed by atoms with van der Waals surface area (Å²) in [6.07, 6.45) is -3.28. The van der Waals surface area contributed by atoms with E-state index in [9.17, 15) is 29.7 Å². The summed E-state index contributed by atoms with van der Waals surface area (Å²) in [5.41, 5.74) is 0. The molecule has 181 valence electrons. The van der Waals surface area contributed by atoms with Crippen LogP contribution < -0.4 is 15.3 Å². The van der Waals surface area contributed by atoms with Gasteiger partial charge < -0.3 is 44.4 Å². The van der Waals surface area contributed by atoms with Crippen LogP contribution >= 0.6 is 0 Å². The van der Waals surface area contributed by atoms with Gasteiger partial charge in [-0.25, -0.2) is 0 Å². The number of hydrogen-bond acceptors (Lipinski definition) is 6. The normalized spacial score (nSPS) is 10.3. The molecule has 0 fully saturated rings. The van der Waals surface area contributed by atoms with E-state index in [2.05, 4.69) is 0 Å². The Morgan fingerprint density at radius 1 is 0.419 bits per heavy atom. The van der Waals surface area contributed by atoms with E-state index < -0.39 is 18.3 Å². The Hall–Kier alpha value is -1.48. The second kappa shape index (κ2) is 18.1. The van der Waals surface area contributed by atoms with E-state index >= 15 is 0 Å². The van der Waals surface area contributed by atoms with Gasteiger partial charge in [0.2, 0.25) is 0 Å². The summed E-state index contributed by atoms with van der Waals surface area (Å²) in [5, 5.41) is 31.2. The van der Waals surface area contributed by atoms with Crippen LogP contribution in [0.15, 0.2) is 0 Å². The van der Waals surface area contributed by atoms with Gasteiger partial charge in [0.05, 0.1) is 0 Å². The smallest absolute Gasteiger partial charge is 0.530 e. The maximum absolute atomic E-state index is 10.4. The van der Waals surface area contributed by atoms with Crippen molar-refractivity contribution in [3.05, 3.63) is 0 Å². The quantitative estimate of drug-likeness (QED) is 0.528. The Morgan fingerprint density at radius 2 is 0.516 bits per heavy atom. The van der Waals surface area contributed by atoms with Gasteiger partial charge >= 0.3 is 21.7 Å². The topological polar surface area (TPSA) is 130 Å². The van der Waals surface area contributed by atoms with Gasteiger partial charge in [-0.05, 0) is 83.1 Å². The van der Waals surface area contributed by atoms with E-state index in [0.29, 0.717) is 0 Å². The molecule has 0 atom stereocenters. The van der Waals surface area contributed by atoms with Crippen molar-refractivity contribution < 1.29 is 51.4 Å². The molecule has 0 aromatic heterocycles. The average molecular weight is 480 g/mol. The van der Waals surface area contributed by atoms with E-state index in [1.54, 1.807) is 0 Å². The van der Waals surface area contributed by atoms with Gasteiger partial charge in [0.15, 0.2) is 0 Å². The molecule has 1 radical (unpaired) electrons. The van der Waals surface area contributed by atoms with Gasteiger partial charge in [-0.15, -0.1) is 0 Å². The van der Waals surface area contributed by atoms with Crippen LogP contribution in [0.1, 0.15) is 83.1 Å². The molecule has 9 nitrogen and oxygen atoms in total. The summed E-state index contributed by atoms with van der Waals surface area (Å²) in [6, 6.07) is 0.0278. The third-order valence-corrected chi connectivity index (χ3v) is 3.97. The molecule has 0 saturated carbocycles. The molecule has 0 aliphatic carbocycles. The molecule has 0 aliphatic rings. The zero-order valence-electron chi connectivity index (χ0n) is 21.3. The maximum Gasteiger partial charge on any atom is 3.00 e. The van der Waals surface area contributed by atoms with Crippen LogP contribution in [0.25, 0.3) is 0 Å². The van der Waals surface area contributed by atoms with Gasteiger partial charge in [0, 0.05) is 36.3 Å². The summed E-state index contributed by atoms with van der Waals surface area (Å²) >= 11 is 0. The van der Waals surface area contributed by atoms with Crippen LogP contribution in [-0.2, 0) is 21.7 Å². The Labute approximate surface area is 203 Å². The van der Waals surface area contributed by atoms with Gasteiger partial charge in [0.1, 0.15) is 18.3 Å². The van der Waals surface area contributed by atoms with Gasteiger partial charge in [-0.1, -0.05) is 0 Å². The van der Waals surface area contributed by atoms with Crippen molar-refractivity contribution in [1.82, 2.24) is 14.7 Å². The third-order valence-electron chi connectivity index (χ3n) is 3.97. The maximum atomic E-state index is 10.4. The molecule has 3 amide bonds. The largest absolute Gasteiger partial charge is 3.00 e. The van der Waals surface area contributed by atoms with Crippen molar-refractivity contribution in [1.29, 1.82) is 0 Å². The van der Waals surface area contributed by atoms with Crippen LogP contribution in [0.4, 0.5) is 14.4 Å². The second-order valence-corrected chi connectivity index (χ2v) is 8.58. The Morgan fingerprint density at radius 3 is 0.516 bits per heavy atom. The van der Waals surface area contributed by atoms with E-state index in [4.69, 9.17) is 0 Å². The van der Waals surface area contributed by atoms with E-state index in [-0.39, 0.29) is 58.0 Å². The number of carboxylic acid groups (broad SMARTS) is 3. The Balaban J connectivity index is -0.000000174. The van der Waals surface area contributed by atoms with Crippen LogP contribution in [0.2, 0.25) is 0 Å². The molecule has 0 unspecified atom stereocenters. The van der Waals surface area contributed by atoms with Crippen molar-refractivity contribution in [2.45, 2.75) is 119 Å². The number of carbonyl (C=O) groups is 3. The molecule has 31 heavy (non-hydrogen) atoms. The van der Waals surface area contributed by atoms with Crippen molar-refractivity contribution in [3.8, 4) is 0 Å². The average Bonchev–Trinajstić information content (AvgIpc) is 2.43. The Kier molecular flexibility index (Phi) is 21.6. The first kappa shape index (κ1) is 36.9. The summed E-state index contributed by atoms with van der Waals surface area (Å²) in [4.78, 5) is 35.1. The predicted octanol–water partition coefficient (Wildman–Crippen LogP) is 1.34.